The smallest absolute Gasteiger partial charge is 0.146 e. The second-order valence-electron chi connectivity index (χ2n) is 4.58. The molecular formula is C15H14BrF2NO. The van der Waals surface area contributed by atoms with E-state index in [1.165, 1.54) is 12.1 Å². The van der Waals surface area contributed by atoms with Crippen molar-refractivity contribution < 1.29 is 13.5 Å². The highest BCUT2D eigenvalue weighted by Crippen LogP contribution is 2.27. The summed E-state index contributed by atoms with van der Waals surface area (Å²) in [5, 5.41) is 0. The molecule has 0 aliphatic heterocycles. The topological polar surface area (TPSA) is 35.2 Å². The van der Waals surface area contributed by atoms with Gasteiger partial charge in [-0.15, -0.1) is 0 Å². The first kappa shape index (κ1) is 14.8. The van der Waals surface area contributed by atoms with Crippen LogP contribution in [0.25, 0.3) is 0 Å². The lowest BCUT2D eigenvalue weighted by atomic mass is 10.1. The first-order valence-electron chi connectivity index (χ1n) is 6.02. The zero-order valence-corrected chi connectivity index (χ0v) is 12.7. The monoisotopic (exact) mass is 341 g/mol. The van der Waals surface area contributed by atoms with E-state index in [1.807, 2.05) is 13.8 Å². The second kappa shape index (κ2) is 5.79. The normalized spacial score (nSPS) is 10.7. The van der Waals surface area contributed by atoms with Crippen molar-refractivity contribution in [3.05, 3.63) is 57.1 Å². The highest BCUT2D eigenvalue weighted by atomic mass is 79.9. The number of aryl methyl sites for hydroxylation is 2. The van der Waals surface area contributed by atoms with Crippen molar-refractivity contribution in [2.24, 2.45) is 0 Å². The largest absolute Gasteiger partial charge is 0.488 e. The minimum atomic E-state index is -0.644. The van der Waals surface area contributed by atoms with Crippen LogP contribution in [0.2, 0.25) is 0 Å². The molecule has 2 aromatic carbocycles. The molecule has 0 fully saturated rings. The Morgan fingerprint density at radius 3 is 2.55 bits per heavy atom. The number of halogens is 3. The van der Waals surface area contributed by atoms with Gasteiger partial charge in [-0.2, -0.15) is 0 Å². The molecule has 2 nitrogen and oxygen atoms in total. The van der Waals surface area contributed by atoms with Gasteiger partial charge in [-0.05, 0) is 65.2 Å². The molecule has 0 amide bonds. The fourth-order valence-electron chi connectivity index (χ4n) is 1.82. The van der Waals surface area contributed by atoms with Crippen molar-refractivity contribution in [3.63, 3.8) is 0 Å². The number of anilines is 1. The highest BCUT2D eigenvalue weighted by molar-refractivity contribution is 9.10. The van der Waals surface area contributed by atoms with Gasteiger partial charge in [-0.3, -0.25) is 0 Å². The van der Waals surface area contributed by atoms with E-state index in [1.54, 1.807) is 12.1 Å². The summed E-state index contributed by atoms with van der Waals surface area (Å²) in [4.78, 5) is 0. The van der Waals surface area contributed by atoms with Crippen molar-refractivity contribution in [1.29, 1.82) is 0 Å². The van der Waals surface area contributed by atoms with E-state index < -0.39 is 11.6 Å². The summed E-state index contributed by atoms with van der Waals surface area (Å²) in [6.07, 6.45) is 0. The van der Waals surface area contributed by atoms with Gasteiger partial charge < -0.3 is 10.5 Å². The van der Waals surface area contributed by atoms with Crippen LogP contribution in [0.1, 0.15) is 16.7 Å². The van der Waals surface area contributed by atoms with E-state index in [4.69, 9.17) is 10.5 Å². The van der Waals surface area contributed by atoms with E-state index >= 15 is 0 Å². The summed E-state index contributed by atoms with van der Waals surface area (Å²) >= 11 is 3.03. The maximum absolute atomic E-state index is 13.8. The number of hydrogen-bond donors (Lipinski definition) is 1. The van der Waals surface area contributed by atoms with Crippen molar-refractivity contribution >= 4 is 21.6 Å². The van der Waals surface area contributed by atoms with Crippen LogP contribution in [0.4, 0.5) is 14.5 Å². The van der Waals surface area contributed by atoms with Crippen LogP contribution in [0.5, 0.6) is 5.75 Å². The van der Waals surface area contributed by atoms with Gasteiger partial charge >= 0.3 is 0 Å². The first-order valence-corrected chi connectivity index (χ1v) is 6.81. The minimum absolute atomic E-state index is 0.103. The summed E-state index contributed by atoms with van der Waals surface area (Å²) in [6, 6.07) is 6.07. The van der Waals surface area contributed by atoms with E-state index in [0.717, 1.165) is 11.1 Å². The molecule has 2 aromatic rings. The molecule has 0 radical (unpaired) electrons. The number of hydrogen-bond acceptors (Lipinski definition) is 2. The van der Waals surface area contributed by atoms with Crippen molar-refractivity contribution in [1.82, 2.24) is 0 Å². The van der Waals surface area contributed by atoms with E-state index in [0.29, 0.717) is 11.4 Å². The SMILES string of the molecule is Cc1cc(OCc2c(F)ccc(Br)c2F)c(C)cc1N. The molecule has 0 aliphatic carbocycles. The minimum Gasteiger partial charge on any atom is -0.488 e. The van der Waals surface area contributed by atoms with Gasteiger partial charge in [0.15, 0.2) is 0 Å². The Hall–Kier alpha value is -1.62. The Labute approximate surface area is 124 Å². The molecule has 0 aliphatic rings. The summed E-state index contributed by atoms with van der Waals surface area (Å²) in [7, 11) is 0. The Morgan fingerprint density at radius 2 is 1.85 bits per heavy atom. The predicted molar refractivity (Wildman–Crippen MR) is 78.7 cm³/mol. The van der Waals surface area contributed by atoms with Gasteiger partial charge in [0.05, 0.1) is 10.0 Å². The quantitative estimate of drug-likeness (QED) is 0.658. The van der Waals surface area contributed by atoms with Gasteiger partial charge in [-0.25, -0.2) is 8.78 Å². The summed E-state index contributed by atoms with van der Waals surface area (Å²) in [5.41, 5.74) is 8.03. The molecule has 0 unspecified atom stereocenters. The van der Waals surface area contributed by atoms with Crippen molar-refractivity contribution in [2.45, 2.75) is 20.5 Å². The molecule has 0 saturated carbocycles. The Bertz CT molecular complexity index is 659. The zero-order chi connectivity index (χ0) is 14.9. The highest BCUT2D eigenvalue weighted by Gasteiger charge is 2.13. The molecular weight excluding hydrogens is 328 g/mol. The van der Waals surface area contributed by atoms with Gasteiger partial charge in [0, 0.05) is 5.69 Å². The third-order valence-corrected chi connectivity index (χ3v) is 3.69. The lowest BCUT2D eigenvalue weighted by Gasteiger charge is -2.13. The van der Waals surface area contributed by atoms with Crippen LogP contribution in [-0.2, 0) is 6.61 Å². The lowest BCUT2D eigenvalue weighted by Crippen LogP contribution is -2.04. The number of nitrogens with two attached hydrogens (primary N) is 1. The molecule has 106 valence electrons. The third-order valence-electron chi connectivity index (χ3n) is 3.07. The number of rotatable bonds is 3. The second-order valence-corrected chi connectivity index (χ2v) is 5.44. The number of ether oxygens (including phenoxy) is 1. The van der Waals surface area contributed by atoms with Crippen LogP contribution in [0, 0.1) is 25.5 Å². The molecule has 5 heteroatoms. The standard InChI is InChI=1S/C15H14BrF2NO/c1-8-6-14(9(2)5-13(8)19)20-7-10-12(17)4-3-11(16)15(10)18/h3-6H,7,19H2,1-2H3. The van der Waals surface area contributed by atoms with Crippen LogP contribution in [0.15, 0.2) is 28.7 Å². The zero-order valence-electron chi connectivity index (χ0n) is 11.1. The number of nitrogen functional groups attached to an aromatic ring is 1. The van der Waals surface area contributed by atoms with Crippen molar-refractivity contribution in [2.75, 3.05) is 5.73 Å². The predicted octanol–water partition coefficient (Wildman–Crippen LogP) is 4.51. The van der Waals surface area contributed by atoms with E-state index in [2.05, 4.69) is 15.9 Å². The molecule has 0 spiro atoms. The Balaban J connectivity index is 2.26. The molecule has 20 heavy (non-hydrogen) atoms. The van der Waals surface area contributed by atoms with Crippen LogP contribution in [0.3, 0.4) is 0 Å². The average Bonchev–Trinajstić information content (AvgIpc) is 2.40. The van der Waals surface area contributed by atoms with E-state index in [9.17, 15) is 8.78 Å². The Kier molecular flexibility index (Phi) is 4.28. The Morgan fingerprint density at radius 1 is 1.15 bits per heavy atom. The molecule has 2 rings (SSSR count). The van der Waals surface area contributed by atoms with Gasteiger partial charge in [-0.1, -0.05) is 0 Å². The summed E-state index contributed by atoms with van der Waals surface area (Å²) < 4.78 is 33.2. The molecule has 0 atom stereocenters. The maximum atomic E-state index is 13.8. The molecule has 0 saturated heterocycles. The third kappa shape index (κ3) is 2.93. The fraction of sp³-hybridized carbons (Fsp3) is 0.200. The van der Waals surface area contributed by atoms with Crippen LogP contribution in [-0.4, -0.2) is 0 Å². The fourth-order valence-corrected chi connectivity index (χ4v) is 2.19. The van der Waals surface area contributed by atoms with Gasteiger partial charge in [0.1, 0.15) is 24.0 Å². The van der Waals surface area contributed by atoms with Gasteiger partial charge in [0.25, 0.3) is 0 Å². The maximum Gasteiger partial charge on any atom is 0.146 e. The van der Waals surface area contributed by atoms with Crippen molar-refractivity contribution in [3.8, 4) is 5.75 Å². The van der Waals surface area contributed by atoms with Crippen LogP contribution < -0.4 is 10.5 Å². The molecule has 0 aromatic heterocycles. The van der Waals surface area contributed by atoms with Gasteiger partial charge in [0.2, 0.25) is 0 Å². The number of benzene rings is 2. The summed E-state index contributed by atoms with van der Waals surface area (Å²) in [6.45, 7) is 3.50. The molecule has 2 N–H and O–H groups in total. The molecule has 0 bridgehead atoms. The average molecular weight is 342 g/mol. The molecule has 0 heterocycles. The van der Waals surface area contributed by atoms with Crippen LogP contribution >= 0.6 is 15.9 Å². The summed E-state index contributed by atoms with van der Waals surface area (Å²) in [5.74, 6) is -0.708. The first-order chi connectivity index (χ1) is 9.40. The lowest BCUT2D eigenvalue weighted by molar-refractivity contribution is 0.290. The van der Waals surface area contributed by atoms with E-state index in [-0.39, 0.29) is 16.6 Å².